The maximum atomic E-state index is 13.1. The lowest BCUT2D eigenvalue weighted by molar-refractivity contribution is -0.143. The first-order valence-corrected chi connectivity index (χ1v) is 11.2. The molecule has 0 saturated carbocycles. The van der Waals surface area contributed by atoms with Crippen molar-refractivity contribution in [3.8, 4) is 11.1 Å². The number of carbonyl (C=O) groups is 2. The number of piperazine rings is 1. The van der Waals surface area contributed by atoms with Gasteiger partial charge in [0.2, 0.25) is 11.8 Å². The summed E-state index contributed by atoms with van der Waals surface area (Å²) in [5.41, 5.74) is 5.05. The monoisotopic (exact) mass is 439 g/mol. The van der Waals surface area contributed by atoms with Crippen LogP contribution in [-0.2, 0) is 22.6 Å². The summed E-state index contributed by atoms with van der Waals surface area (Å²) in [6.07, 6.45) is 6.15. The quantitative estimate of drug-likeness (QED) is 0.501. The van der Waals surface area contributed by atoms with Crippen LogP contribution in [0.2, 0.25) is 0 Å². The molecule has 166 valence electrons. The minimum absolute atomic E-state index is 0.0142. The van der Waals surface area contributed by atoms with E-state index in [1.165, 1.54) is 0 Å². The van der Waals surface area contributed by atoms with Gasteiger partial charge in [-0.1, -0.05) is 42.5 Å². The molecule has 0 bridgehead atoms. The molecule has 2 aromatic carbocycles. The third-order valence-electron chi connectivity index (χ3n) is 6.12. The lowest BCUT2D eigenvalue weighted by atomic mass is 9.99. The molecule has 3 heterocycles. The number of hydrogen-bond donors (Lipinski definition) is 1. The van der Waals surface area contributed by atoms with Crippen molar-refractivity contribution in [3.63, 3.8) is 0 Å². The molecular formula is C26H25N5O2. The van der Waals surface area contributed by atoms with Gasteiger partial charge in [-0.15, -0.1) is 0 Å². The first-order chi connectivity index (χ1) is 16.2. The second kappa shape index (κ2) is 9.24. The van der Waals surface area contributed by atoms with Gasteiger partial charge in [-0.05, 0) is 34.9 Å². The van der Waals surface area contributed by atoms with Gasteiger partial charge in [0.05, 0.1) is 17.4 Å². The number of nitrogens with zero attached hydrogens (tertiary/aromatic N) is 4. The molecule has 7 heteroatoms. The minimum Gasteiger partial charge on any atom is -0.353 e. The fourth-order valence-electron chi connectivity index (χ4n) is 4.35. The topological polar surface area (TPSA) is 80.1 Å². The Kier molecular flexibility index (Phi) is 5.85. The number of aryl methyl sites for hydroxylation is 1. The largest absolute Gasteiger partial charge is 0.353 e. The normalized spacial score (nSPS) is 16.1. The molecule has 2 aromatic heterocycles. The first kappa shape index (κ1) is 20.9. The number of pyridine rings is 1. The van der Waals surface area contributed by atoms with Gasteiger partial charge in [0.15, 0.2) is 0 Å². The summed E-state index contributed by atoms with van der Waals surface area (Å²) < 4.78 is 1.99. The molecule has 0 radical (unpaired) electrons. The van der Waals surface area contributed by atoms with Gasteiger partial charge >= 0.3 is 0 Å². The molecule has 1 aliphatic rings. The highest BCUT2D eigenvalue weighted by molar-refractivity contribution is 5.89. The fourth-order valence-corrected chi connectivity index (χ4v) is 4.35. The molecule has 1 unspecified atom stereocenters. The standard InChI is InChI=1S/C26H25N5O2/c32-25(11-14-30-18-29-22-5-1-2-6-23(22)30)31-15-13-28-26(33)24(31)16-19-7-9-20(10-8-19)21-4-3-12-27-17-21/h1-10,12,17-18,24H,11,13-16H2,(H,28,33). The number of aromatic nitrogens is 3. The van der Waals surface area contributed by atoms with Gasteiger partial charge in [-0.3, -0.25) is 14.6 Å². The van der Waals surface area contributed by atoms with E-state index < -0.39 is 6.04 Å². The van der Waals surface area contributed by atoms with E-state index in [4.69, 9.17) is 0 Å². The number of fused-ring (bicyclic) bond motifs is 1. The van der Waals surface area contributed by atoms with Crippen molar-refractivity contribution in [2.24, 2.45) is 0 Å². The van der Waals surface area contributed by atoms with E-state index in [9.17, 15) is 9.59 Å². The third-order valence-corrected chi connectivity index (χ3v) is 6.12. The maximum absolute atomic E-state index is 13.1. The maximum Gasteiger partial charge on any atom is 0.243 e. The predicted molar refractivity (Wildman–Crippen MR) is 126 cm³/mol. The summed E-state index contributed by atoms with van der Waals surface area (Å²) in [4.78, 5) is 36.1. The smallest absolute Gasteiger partial charge is 0.243 e. The van der Waals surface area contributed by atoms with Crippen molar-refractivity contribution in [3.05, 3.63) is 84.9 Å². The number of benzene rings is 2. The summed E-state index contributed by atoms with van der Waals surface area (Å²) >= 11 is 0. The number of rotatable bonds is 6. The Hall–Kier alpha value is -4.00. The molecule has 1 atom stereocenters. The molecule has 33 heavy (non-hydrogen) atoms. The van der Waals surface area contributed by atoms with Crippen molar-refractivity contribution in [2.75, 3.05) is 13.1 Å². The second-order valence-corrected chi connectivity index (χ2v) is 8.21. The molecule has 0 spiro atoms. The van der Waals surface area contributed by atoms with Crippen LogP contribution < -0.4 is 5.32 Å². The number of nitrogens with one attached hydrogen (secondary N) is 1. The van der Waals surface area contributed by atoms with E-state index in [2.05, 4.69) is 15.3 Å². The van der Waals surface area contributed by atoms with Crippen molar-refractivity contribution < 1.29 is 9.59 Å². The van der Waals surface area contributed by atoms with Gasteiger partial charge in [0.25, 0.3) is 0 Å². The van der Waals surface area contributed by atoms with E-state index in [0.29, 0.717) is 32.5 Å². The summed E-state index contributed by atoms with van der Waals surface area (Å²) in [6, 6.07) is 19.4. The van der Waals surface area contributed by atoms with Crippen molar-refractivity contribution >= 4 is 22.8 Å². The Morgan fingerprint density at radius 1 is 1.03 bits per heavy atom. The molecule has 1 fully saturated rings. The van der Waals surface area contributed by atoms with Crippen LogP contribution in [0.4, 0.5) is 0 Å². The van der Waals surface area contributed by atoms with Crippen LogP contribution in [0.3, 0.4) is 0 Å². The molecule has 2 amide bonds. The molecule has 0 aliphatic carbocycles. The lowest BCUT2D eigenvalue weighted by Crippen LogP contribution is -2.58. The number of hydrogen-bond acceptors (Lipinski definition) is 4. The van der Waals surface area contributed by atoms with Crippen molar-refractivity contribution in [2.45, 2.75) is 25.4 Å². The Labute approximate surface area is 192 Å². The van der Waals surface area contributed by atoms with Crippen molar-refractivity contribution in [1.29, 1.82) is 0 Å². The third kappa shape index (κ3) is 4.48. The van der Waals surface area contributed by atoms with Gasteiger partial charge in [-0.2, -0.15) is 0 Å². The molecule has 1 saturated heterocycles. The summed E-state index contributed by atoms with van der Waals surface area (Å²) in [5.74, 6) is -0.112. The average molecular weight is 440 g/mol. The zero-order chi connectivity index (χ0) is 22.6. The van der Waals surface area contributed by atoms with Crippen LogP contribution in [-0.4, -0.2) is 50.4 Å². The van der Waals surface area contributed by atoms with E-state index in [1.54, 1.807) is 17.4 Å². The Morgan fingerprint density at radius 2 is 1.88 bits per heavy atom. The summed E-state index contributed by atoms with van der Waals surface area (Å²) in [5, 5.41) is 2.91. The van der Waals surface area contributed by atoms with Gasteiger partial charge in [0, 0.05) is 44.9 Å². The van der Waals surface area contributed by atoms with E-state index in [-0.39, 0.29) is 11.8 Å². The first-order valence-electron chi connectivity index (χ1n) is 11.2. The van der Waals surface area contributed by atoms with Crippen LogP contribution in [0.5, 0.6) is 0 Å². The van der Waals surface area contributed by atoms with Crippen LogP contribution in [0.1, 0.15) is 12.0 Å². The van der Waals surface area contributed by atoms with Crippen molar-refractivity contribution in [1.82, 2.24) is 24.8 Å². The molecule has 5 rings (SSSR count). The highest BCUT2D eigenvalue weighted by Crippen LogP contribution is 2.21. The molecule has 1 aliphatic heterocycles. The average Bonchev–Trinajstić information content (AvgIpc) is 3.28. The van der Waals surface area contributed by atoms with Gasteiger partial charge < -0.3 is 14.8 Å². The molecule has 1 N–H and O–H groups in total. The number of amides is 2. The fraction of sp³-hybridized carbons (Fsp3) is 0.231. The van der Waals surface area contributed by atoms with Crippen LogP contribution >= 0.6 is 0 Å². The zero-order valence-corrected chi connectivity index (χ0v) is 18.2. The van der Waals surface area contributed by atoms with Crippen LogP contribution in [0, 0.1) is 0 Å². The summed E-state index contributed by atoms with van der Waals surface area (Å²) in [6.45, 7) is 1.53. The predicted octanol–water partition coefficient (Wildman–Crippen LogP) is 3.06. The Morgan fingerprint density at radius 3 is 2.70 bits per heavy atom. The second-order valence-electron chi connectivity index (χ2n) is 8.21. The Balaban J connectivity index is 1.27. The highest BCUT2D eigenvalue weighted by Gasteiger charge is 2.32. The zero-order valence-electron chi connectivity index (χ0n) is 18.2. The lowest BCUT2D eigenvalue weighted by Gasteiger charge is -2.35. The minimum atomic E-state index is -0.505. The van der Waals surface area contributed by atoms with E-state index in [1.807, 2.05) is 71.4 Å². The van der Waals surface area contributed by atoms with Gasteiger partial charge in [0.1, 0.15) is 6.04 Å². The molecule has 4 aromatic rings. The highest BCUT2D eigenvalue weighted by atomic mass is 16.2. The molecular weight excluding hydrogens is 414 g/mol. The van der Waals surface area contributed by atoms with Crippen LogP contribution in [0.15, 0.2) is 79.4 Å². The Bertz CT molecular complexity index is 1270. The van der Waals surface area contributed by atoms with E-state index in [0.717, 1.165) is 27.7 Å². The summed E-state index contributed by atoms with van der Waals surface area (Å²) in [7, 11) is 0. The van der Waals surface area contributed by atoms with Crippen LogP contribution in [0.25, 0.3) is 22.2 Å². The number of carbonyl (C=O) groups excluding carboxylic acids is 2. The number of para-hydroxylation sites is 2. The SMILES string of the molecule is O=C1NCCN(C(=O)CCn2cnc3ccccc32)C1Cc1ccc(-c2cccnc2)cc1. The number of imidazole rings is 1. The molecule has 7 nitrogen and oxygen atoms in total. The van der Waals surface area contributed by atoms with Gasteiger partial charge in [-0.25, -0.2) is 4.98 Å². The van der Waals surface area contributed by atoms with E-state index >= 15 is 0 Å².